The van der Waals surface area contributed by atoms with Gasteiger partial charge in [0.2, 0.25) is 5.91 Å². The van der Waals surface area contributed by atoms with Gasteiger partial charge in [-0.15, -0.1) is 0 Å². The van der Waals surface area contributed by atoms with E-state index in [-0.39, 0.29) is 37.1 Å². The Labute approximate surface area is 131 Å². The lowest BCUT2D eigenvalue weighted by Gasteiger charge is -2.43. The molecule has 2 saturated heterocycles. The number of halogens is 2. The van der Waals surface area contributed by atoms with Crippen LogP contribution in [0.4, 0.5) is 8.78 Å². The highest BCUT2D eigenvalue weighted by atomic mass is 19.3. The topological polar surface area (TPSA) is 32.8 Å². The summed E-state index contributed by atoms with van der Waals surface area (Å²) in [5, 5.41) is 0. The Morgan fingerprint density at radius 2 is 1.91 bits per heavy atom. The minimum absolute atomic E-state index is 0.0304. The van der Waals surface area contributed by atoms with Crippen LogP contribution in [0, 0.1) is 11.8 Å². The van der Waals surface area contributed by atoms with Crippen molar-refractivity contribution in [2.45, 2.75) is 52.2 Å². The predicted octanol–water partition coefficient (Wildman–Crippen LogP) is 2.24. The molecule has 1 amide bonds. The Bertz CT molecular complexity index is 396. The fourth-order valence-corrected chi connectivity index (χ4v) is 3.39. The fourth-order valence-electron chi connectivity index (χ4n) is 3.39. The maximum Gasteiger partial charge on any atom is 0.263 e. The molecule has 1 unspecified atom stereocenters. The van der Waals surface area contributed by atoms with Crippen LogP contribution < -0.4 is 0 Å². The second kappa shape index (κ2) is 6.79. The van der Waals surface area contributed by atoms with Crippen molar-refractivity contribution < 1.29 is 18.3 Å². The van der Waals surface area contributed by atoms with Crippen molar-refractivity contribution in [2.75, 3.05) is 32.7 Å². The zero-order chi connectivity index (χ0) is 16.5. The third-order valence-electron chi connectivity index (χ3n) is 4.56. The van der Waals surface area contributed by atoms with Gasteiger partial charge in [0, 0.05) is 19.0 Å². The van der Waals surface area contributed by atoms with Gasteiger partial charge in [-0.2, -0.15) is 0 Å². The van der Waals surface area contributed by atoms with E-state index >= 15 is 0 Å². The molecule has 2 rings (SSSR count). The summed E-state index contributed by atoms with van der Waals surface area (Å²) in [6.07, 6.45) is 0.699. The largest absolute Gasteiger partial charge is 0.372 e. The van der Waals surface area contributed by atoms with Crippen LogP contribution in [0.2, 0.25) is 0 Å². The number of hydrogen-bond acceptors (Lipinski definition) is 3. The maximum atomic E-state index is 14.1. The number of hydrogen-bond donors (Lipinski definition) is 0. The Kier molecular flexibility index (Phi) is 5.43. The van der Waals surface area contributed by atoms with Gasteiger partial charge in [0.1, 0.15) is 0 Å². The van der Waals surface area contributed by atoms with Gasteiger partial charge in [-0.05, 0) is 32.7 Å². The molecule has 6 heteroatoms. The summed E-state index contributed by atoms with van der Waals surface area (Å²) in [4.78, 5) is 15.4. The molecule has 4 nitrogen and oxygen atoms in total. The van der Waals surface area contributed by atoms with Crippen LogP contribution in [0.25, 0.3) is 0 Å². The van der Waals surface area contributed by atoms with Gasteiger partial charge < -0.3 is 9.64 Å². The Morgan fingerprint density at radius 3 is 2.41 bits per heavy atom. The van der Waals surface area contributed by atoms with Crippen molar-refractivity contribution >= 4 is 5.91 Å². The number of carbonyl (C=O) groups excluding carboxylic acids is 1. The first-order chi connectivity index (χ1) is 10.2. The molecule has 0 aromatic carbocycles. The zero-order valence-corrected chi connectivity index (χ0v) is 14.0. The third-order valence-corrected chi connectivity index (χ3v) is 4.56. The van der Waals surface area contributed by atoms with Gasteiger partial charge in [-0.1, -0.05) is 13.8 Å². The fraction of sp³-hybridized carbons (Fsp3) is 0.938. The number of likely N-dealkylation sites (tertiary alicyclic amines) is 2. The lowest BCUT2D eigenvalue weighted by atomic mass is 9.83. The van der Waals surface area contributed by atoms with Crippen molar-refractivity contribution in [1.82, 2.24) is 9.80 Å². The first-order valence-corrected chi connectivity index (χ1v) is 8.22. The molecule has 0 aromatic rings. The van der Waals surface area contributed by atoms with Gasteiger partial charge in [0.15, 0.2) is 0 Å². The van der Waals surface area contributed by atoms with Gasteiger partial charge in [-0.25, -0.2) is 8.78 Å². The molecule has 2 aliphatic rings. The van der Waals surface area contributed by atoms with E-state index in [1.165, 1.54) is 0 Å². The first kappa shape index (κ1) is 17.6. The molecule has 0 bridgehead atoms. The summed E-state index contributed by atoms with van der Waals surface area (Å²) in [5.41, 5.74) is 0. The quantitative estimate of drug-likeness (QED) is 0.779. The SMILES string of the molecule is CC(C)OC1CN(C(=O)CN2CCC(C(C)C)C(F)(F)C2)C1. The zero-order valence-electron chi connectivity index (χ0n) is 14.0. The van der Waals surface area contributed by atoms with E-state index in [4.69, 9.17) is 4.74 Å². The molecule has 2 fully saturated rings. The van der Waals surface area contributed by atoms with Crippen LogP contribution in [0.15, 0.2) is 0 Å². The highest BCUT2D eigenvalue weighted by Gasteiger charge is 2.46. The predicted molar refractivity (Wildman–Crippen MR) is 80.9 cm³/mol. The monoisotopic (exact) mass is 318 g/mol. The van der Waals surface area contributed by atoms with E-state index < -0.39 is 11.8 Å². The van der Waals surface area contributed by atoms with Crippen molar-refractivity contribution in [3.63, 3.8) is 0 Å². The Balaban J connectivity index is 1.77. The molecule has 0 aromatic heterocycles. The molecule has 2 heterocycles. The Morgan fingerprint density at radius 1 is 1.27 bits per heavy atom. The smallest absolute Gasteiger partial charge is 0.263 e. The number of piperidine rings is 1. The lowest BCUT2D eigenvalue weighted by Crippen LogP contribution is -2.59. The molecule has 0 spiro atoms. The molecule has 2 aliphatic heterocycles. The van der Waals surface area contributed by atoms with E-state index in [1.54, 1.807) is 9.80 Å². The van der Waals surface area contributed by atoms with Crippen LogP contribution in [0.5, 0.6) is 0 Å². The maximum absolute atomic E-state index is 14.1. The van der Waals surface area contributed by atoms with Crippen LogP contribution in [-0.4, -0.2) is 66.6 Å². The normalized spacial score (nSPS) is 26.5. The standard InChI is InChI=1S/C16H28F2N2O2/c1-11(2)14-5-6-19(10-16(14,17)18)9-15(21)20-7-13(8-20)22-12(3)4/h11-14H,5-10H2,1-4H3. The minimum Gasteiger partial charge on any atom is -0.372 e. The summed E-state index contributed by atoms with van der Waals surface area (Å²) in [6.45, 7) is 9.13. The molecule has 0 aliphatic carbocycles. The van der Waals surface area contributed by atoms with Crippen molar-refractivity contribution in [2.24, 2.45) is 11.8 Å². The van der Waals surface area contributed by atoms with Crippen LogP contribution >= 0.6 is 0 Å². The van der Waals surface area contributed by atoms with E-state index in [2.05, 4.69) is 0 Å². The Hall–Kier alpha value is -0.750. The number of ether oxygens (including phenoxy) is 1. The average molecular weight is 318 g/mol. The second-order valence-electron chi connectivity index (χ2n) is 7.22. The first-order valence-electron chi connectivity index (χ1n) is 8.22. The highest BCUT2D eigenvalue weighted by Crippen LogP contribution is 2.37. The number of alkyl halides is 2. The number of carbonyl (C=O) groups is 1. The molecule has 1 atom stereocenters. The summed E-state index contributed by atoms with van der Waals surface area (Å²) in [7, 11) is 0. The molecule has 0 saturated carbocycles. The van der Waals surface area contributed by atoms with Crippen molar-refractivity contribution in [1.29, 1.82) is 0 Å². The van der Waals surface area contributed by atoms with Gasteiger partial charge in [0.25, 0.3) is 5.92 Å². The minimum atomic E-state index is -2.70. The van der Waals surface area contributed by atoms with E-state index in [0.29, 0.717) is 26.1 Å². The number of nitrogens with zero attached hydrogens (tertiary/aromatic N) is 2. The van der Waals surface area contributed by atoms with Gasteiger partial charge >= 0.3 is 0 Å². The molecule has 0 N–H and O–H groups in total. The van der Waals surface area contributed by atoms with E-state index in [1.807, 2.05) is 27.7 Å². The van der Waals surface area contributed by atoms with Crippen LogP contribution in [0.3, 0.4) is 0 Å². The average Bonchev–Trinajstić information content (AvgIpc) is 2.30. The summed E-state index contributed by atoms with van der Waals surface area (Å²) < 4.78 is 33.9. The van der Waals surface area contributed by atoms with Crippen molar-refractivity contribution in [3.05, 3.63) is 0 Å². The van der Waals surface area contributed by atoms with E-state index in [0.717, 1.165) is 0 Å². The summed E-state index contributed by atoms with van der Waals surface area (Å²) >= 11 is 0. The van der Waals surface area contributed by atoms with Crippen LogP contribution in [-0.2, 0) is 9.53 Å². The molecule has 22 heavy (non-hydrogen) atoms. The van der Waals surface area contributed by atoms with Crippen molar-refractivity contribution in [3.8, 4) is 0 Å². The molecular weight excluding hydrogens is 290 g/mol. The van der Waals surface area contributed by atoms with Gasteiger partial charge in [-0.3, -0.25) is 9.69 Å². The molecule has 128 valence electrons. The third kappa shape index (κ3) is 4.16. The molecule has 0 radical (unpaired) electrons. The lowest BCUT2D eigenvalue weighted by molar-refractivity contribution is -0.155. The summed E-state index contributed by atoms with van der Waals surface area (Å²) in [6, 6.07) is 0. The van der Waals surface area contributed by atoms with Gasteiger partial charge in [0.05, 0.1) is 25.3 Å². The van der Waals surface area contributed by atoms with E-state index in [9.17, 15) is 13.6 Å². The highest BCUT2D eigenvalue weighted by molar-refractivity contribution is 5.79. The van der Waals surface area contributed by atoms with Crippen LogP contribution in [0.1, 0.15) is 34.1 Å². The number of amides is 1. The number of rotatable bonds is 5. The molecular formula is C16H28F2N2O2. The second-order valence-corrected chi connectivity index (χ2v) is 7.22. The summed E-state index contributed by atoms with van der Waals surface area (Å²) in [5.74, 6) is -3.38.